The van der Waals surface area contributed by atoms with Crippen molar-refractivity contribution in [2.45, 2.75) is 81.9 Å². The number of anilines is 1. The standard InChI is InChI=1S/C22H31N3O5S/c1-14-12-17-19(30-15(2)21(26)23-17)13-20(14)31(28,29)25-11-7-10-18(25)22(27)24(3)16-8-5-4-6-9-16/h12-13,15-16,18H,4-11H2,1-3H3,(H,23,26)/t15-,18+/m0/s1. The van der Waals surface area contributed by atoms with Gasteiger partial charge in [0.05, 0.1) is 10.6 Å². The molecular formula is C22H31N3O5S. The molecule has 8 nitrogen and oxygen atoms in total. The second-order valence-electron chi connectivity index (χ2n) is 8.88. The number of fused-ring (bicyclic) bond motifs is 1. The highest BCUT2D eigenvalue weighted by molar-refractivity contribution is 7.89. The number of rotatable bonds is 4. The summed E-state index contributed by atoms with van der Waals surface area (Å²) in [6, 6.07) is 2.61. The molecule has 0 radical (unpaired) electrons. The molecule has 3 aliphatic rings. The summed E-state index contributed by atoms with van der Waals surface area (Å²) in [7, 11) is -2.09. The lowest BCUT2D eigenvalue weighted by Crippen LogP contribution is -2.50. The average Bonchev–Trinajstić information content (AvgIpc) is 3.25. The van der Waals surface area contributed by atoms with Gasteiger partial charge in [-0.2, -0.15) is 4.31 Å². The maximum absolute atomic E-state index is 13.6. The van der Waals surface area contributed by atoms with Gasteiger partial charge in [0.2, 0.25) is 15.9 Å². The van der Waals surface area contributed by atoms with Crippen molar-refractivity contribution in [3.05, 3.63) is 17.7 Å². The van der Waals surface area contributed by atoms with Crippen LogP contribution in [0.25, 0.3) is 0 Å². The molecule has 0 unspecified atom stereocenters. The lowest BCUT2D eigenvalue weighted by atomic mass is 9.94. The van der Waals surface area contributed by atoms with Gasteiger partial charge in [-0.15, -0.1) is 0 Å². The van der Waals surface area contributed by atoms with E-state index in [0.29, 0.717) is 36.4 Å². The number of likely N-dealkylation sites (N-methyl/N-ethyl adjacent to an activating group) is 1. The van der Waals surface area contributed by atoms with Crippen molar-refractivity contribution in [1.29, 1.82) is 0 Å². The van der Waals surface area contributed by atoms with Crippen LogP contribution in [0, 0.1) is 6.92 Å². The zero-order valence-electron chi connectivity index (χ0n) is 18.4. The maximum atomic E-state index is 13.6. The molecular weight excluding hydrogens is 418 g/mol. The van der Waals surface area contributed by atoms with Gasteiger partial charge < -0.3 is 15.0 Å². The van der Waals surface area contributed by atoms with Crippen LogP contribution >= 0.6 is 0 Å². The van der Waals surface area contributed by atoms with Crippen molar-refractivity contribution in [1.82, 2.24) is 9.21 Å². The van der Waals surface area contributed by atoms with Crippen LogP contribution in [-0.4, -0.2) is 61.2 Å². The summed E-state index contributed by atoms with van der Waals surface area (Å²) in [4.78, 5) is 27.0. The Bertz CT molecular complexity index is 987. The first-order valence-electron chi connectivity index (χ1n) is 11.1. The van der Waals surface area contributed by atoms with Gasteiger partial charge in [0.25, 0.3) is 5.91 Å². The Morgan fingerprint density at radius 1 is 1.16 bits per heavy atom. The Hall–Kier alpha value is -2.13. The molecule has 2 atom stereocenters. The number of carbonyl (C=O) groups excluding carboxylic acids is 2. The highest BCUT2D eigenvalue weighted by Crippen LogP contribution is 2.37. The predicted octanol–water partition coefficient (Wildman–Crippen LogP) is 2.66. The number of ether oxygens (including phenoxy) is 1. The molecule has 0 bridgehead atoms. The van der Waals surface area contributed by atoms with E-state index in [2.05, 4.69) is 5.32 Å². The molecule has 4 rings (SSSR count). The smallest absolute Gasteiger partial charge is 0.265 e. The second-order valence-corrected chi connectivity index (χ2v) is 10.7. The molecule has 1 N–H and O–H groups in total. The van der Waals surface area contributed by atoms with Crippen LogP contribution in [0.5, 0.6) is 5.75 Å². The lowest BCUT2D eigenvalue weighted by Gasteiger charge is -2.35. The molecule has 1 aromatic rings. The van der Waals surface area contributed by atoms with Gasteiger partial charge in [-0.25, -0.2) is 8.42 Å². The molecule has 31 heavy (non-hydrogen) atoms. The highest BCUT2D eigenvalue weighted by atomic mass is 32.2. The van der Waals surface area contributed by atoms with Crippen LogP contribution in [0.2, 0.25) is 0 Å². The summed E-state index contributed by atoms with van der Waals surface area (Å²) >= 11 is 0. The summed E-state index contributed by atoms with van der Waals surface area (Å²) in [5, 5.41) is 2.74. The molecule has 1 aromatic carbocycles. The average molecular weight is 450 g/mol. The molecule has 2 fully saturated rings. The summed E-state index contributed by atoms with van der Waals surface area (Å²) in [6.07, 6.45) is 5.86. The van der Waals surface area contributed by atoms with Gasteiger partial charge in [0.1, 0.15) is 11.8 Å². The fourth-order valence-electron chi connectivity index (χ4n) is 4.91. The van der Waals surface area contributed by atoms with Crippen molar-refractivity contribution in [3.8, 4) is 5.75 Å². The molecule has 0 spiro atoms. The molecule has 1 saturated carbocycles. The molecule has 9 heteroatoms. The minimum Gasteiger partial charge on any atom is -0.479 e. The quantitative estimate of drug-likeness (QED) is 0.762. The summed E-state index contributed by atoms with van der Waals surface area (Å²) in [5.74, 6) is -0.0446. The van der Waals surface area contributed by atoms with E-state index in [1.807, 2.05) is 7.05 Å². The van der Waals surface area contributed by atoms with E-state index in [0.717, 1.165) is 25.7 Å². The third kappa shape index (κ3) is 4.05. The van der Waals surface area contributed by atoms with Crippen LogP contribution in [0.15, 0.2) is 17.0 Å². The fourth-order valence-corrected chi connectivity index (χ4v) is 6.78. The van der Waals surface area contributed by atoms with Crippen LogP contribution in [-0.2, 0) is 19.6 Å². The first-order chi connectivity index (χ1) is 14.7. The molecule has 1 aliphatic carbocycles. The minimum atomic E-state index is -3.90. The van der Waals surface area contributed by atoms with Gasteiger partial charge >= 0.3 is 0 Å². The molecule has 0 aromatic heterocycles. The molecule has 2 aliphatic heterocycles. The zero-order valence-corrected chi connectivity index (χ0v) is 19.2. The Labute approximate surface area is 184 Å². The summed E-state index contributed by atoms with van der Waals surface area (Å²) in [5.41, 5.74) is 0.974. The van der Waals surface area contributed by atoms with E-state index in [-0.39, 0.29) is 22.8 Å². The van der Waals surface area contributed by atoms with Crippen LogP contribution < -0.4 is 10.1 Å². The monoisotopic (exact) mass is 449 g/mol. The van der Waals surface area contributed by atoms with E-state index in [4.69, 9.17) is 4.74 Å². The van der Waals surface area contributed by atoms with E-state index in [1.165, 1.54) is 16.8 Å². The van der Waals surface area contributed by atoms with Crippen molar-refractivity contribution in [3.63, 3.8) is 0 Å². The van der Waals surface area contributed by atoms with E-state index >= 15 is 0 Å². The largest absolute Gasteiger partial charge is 0.479 e. The highest BCUT2D eigenvalue weighted by Gasteiger charge is 2.42. The van der Waals surface area contributed by atoms with E-state index < -0.39 is 22.2 Å². The van der Waals surface area contributed by atoms with Gasteiger partial charge in [0.15, 0.2) is 6.10 Å². The van der Waals surface area contributed by atoms with Crippen molar-refractivity contribution in [2.24, 2.45) is 0 Å². The third-order valence-corrected chi connectivity index (χ3v) is 8.80. The van der Waals surface area contributed by atoms with Crippen molar-refractivity contribution in [2.75, 3.05) is 18.9 Å². The number of hydrogen-bond acceptors (Lipinski definition) is 5. The van der Waals surface area contributed by atoms with Gasteiger partial charge in [-0.3, -0.25) is 9.59 Å². The normalized spacial score (nSPS) is 24.9. The Morgan fingerprint density at radius 2 is 1.87 bits per heavy atom. The van der Waals surface area contributed by atoms with Gasteiger partial charge in [0, 0.05) is 25.7 Å². The molecule has 1 saturated heterocycles. The summed E-state index contributed by atoms with van der Waals surface area (Å²) < 4.78 is 34.2. The second kappa shape index (κ2) is 8.43. The molecule has 2 heterocycles. The Balaban J connectivity index is 1.61. The molecule has 2 amide bonds. The number of carbonyl (C=O) groups is 2. The van der Waals surface area contributed by atoms with Gasteiger partial charge in [-0.05, 0) is 51.2 Å². The SMILES string of the molecule is Cc1cc2c(cc1S(=O)(=O)N1CCC[C@@H]1C(=O)N(C)C1CCCCC1)O[C@@H](C)C(=O)N2. The Morgan fingerprint density at radius 3 is 2.58 bits per heavy atom. The first-order valence-corrected chi connectivity index (χ1v) is 12.5. The lowest BCUT2D eigenvalue weighted by molar-refractivity contribution is -0.136. The number of amides is 2. The molecule has 170 valence electrons. The van der Waals surface area contributed by atoms with Crippen molar-refractivity contribution < 1.29 is 22.7 Å². The Kier molecular flexibility index (Phi) is 6.00. The van der Waals surface area contributed by atoms with E-state index in [1.54, 1.807) is 24.8 Å². The minimum absolute atomic E-state index is 0.110. The van der Waals surface area contributed by atoms with Crippen molar-refractivity contribution >= 4 is 27.5 Å². The fraction of sp³-hybridized carbons (Fsp3) is 0.636. The first kappa shape index (κ1) is 22.1. The van der Waals surface area contributed by atoms with Crippen LogP contribution in [0.4, 0.5) is 5.69 Å². The number of hydrogen-bond donors (Lipinski definition) is 1. The summed E-state index contributed by atoms with van der Waals surface area (Å²) in [6.45, 7) is 3.63. The van der Waals surface area contributed by atoms with Crippen LogP contribution in [0.3, 0.4) is 0 Å². The predicted molar refractivity (Wildman–Crippen MR) is 116 cm³/mol. The zero-order chi connectivity index (χ0) is 22.3. The number of nitrogens with one attached hydrogen (secondary N) is 1. The third-order valence-electron chi connectivity index (χ3n) is 6.75. The van der Waals surface area contributed by atoms with E-state index in [9.17, 15) is 18.0 Å². The number of benzene rings is 1. The van der Waals surface area contributed by atoms with Crippen LogP contribution in [0.1, 0.15) is 57.4 Å². The number of sulfonamides is 1. The number of nitrogens with zero attached hydrogens (tertiary/aromatic N) is 2. The van der Waals surface area contributed by atoms with Gasteiger partial charge in [-0.1, -0.05) is 19.3 Å². The topological polar surface area (TPSA) is 96.0 Å². The maximum Gasteiger partial charge on any atom is 0.265 e. The number of aryl methyl sites for hydroxylation is 1.